The van der Waals surface area contributed by atoms with E-state index in [2.05, 4.69) is 5.32 Å². The van der Waals surface area contributed by atoms with Gasteiger partial charge in [-0.2, -0.15) is 0 Å². The zero-order valence-electron chi connectivity index (χ0n) is 17.0. The standard InChI is InChI=1S/C25H23FN2O2/c1-16-7-8-17(2)22(13-16)27-24(29)14-23(18-9-11-20(26)12-10-18)28-15-19-5-3-4-6-21(19)25(28)30/h3-13,23H,14-15H2,1-2H3,(H,27,29)/t23-/m0/s1. The van der Waals surface area contributed by atoms with Crippen molar-refractivity contribution in [2.75, 3.05) is 5.32 Å². The molecule has 4 rings (SSSR count). The smallest absolute Gasteiger partial charge is 0.255 e. The fourth-order valence-electron chi connectivity index (χ4n) is 3.87. The predicted molar refractivity (Wildman–Crippen MR) is 115 cm³/mol. The molecule has 1 N–H and O–H groups in total. The zero-order valence-corrected chi connectivity index (χ0v) is 17.0. The molecule has 4 nitrogen and oxygen atoms in total. The van der Waals surface area contributed by atoms with Gasteiger partial charge in [-0.05, 0) is 60.4 Å². The molecule has 1 aliphatic rings. The number of fused-ring (bicyclic) bond motifs is 1. The van der Waals surface area contributed by atoms with Crippen LogP contribution in [0.3, 0.4) is 0 Å². The van der Waals surface area contributed by atoms with Gasteiger partial charge < -0.3 is 10.2 Å². The summed E-state index contributed by atoms with van der Waals surface area (Å²) < 4.78 is 13.5. The van der Waals surface area contributed by atoms with Crippen molar-refractivity contribution in [3.05, 3.63) is 100 Å². The summed E-state index contributed by atoms with van der Waals surface area (Å²) >= 11 is 0. The highest BCUT2D eigenvalue weighted by Crippen LogP contribution is 2.34. The zero-order chi connectivity index (χ0) is 21.3. The van der Waals surface area contributed by atoms with Crippen molar-refractivity contribution >= 4 is 17.5 Å². The number of amides is 2. The molecule has 0 aromatic heterocycles. The van der Waals surface area contributed by atoms with Crippen LogP contribution in [0.1, 0.15) is 45.1 Å². The van der Waals surface area contributed by atoms with Gasteiger partial charge in [-0.3, -0.25) is 9.59 Å². The van der Waals surface area contributed by atoms with Gasteiger partial charge in [0.05, 0.1) is 12.5 Å². The van der Waals surface area contributed by atoms with Gasteiger partial charge in [-0.25, -0.2) is 4.39 Å². The summed E-state index contributed by atoms with van der Waals surface area (Å²) in [6, 6.07) is 18.8. The van der Waals surface area contributed by atoms with E-state index in [1.807, 2.05) is 50.2 Å². The number of rotatable bonds is 5. The Balaban J connectivity index is 1.61. The van der Waals surface area contributed by atoms with Crippen molar-refractivity contribution < 1.29 is 14.0 Å². The van der Waals surface area contributed by atoms with Crippen LogP contribution >= 0.6 is 0 Å². The number of carbonyl (C=O) groups excluding carboxylic acids is 2. The minimum Gasteiger partial charge on any atom is -0.327 e. The second-order valence-electron chi connectivity index (χ2n) is 7.73. The number of hydrogen-bond donors (Lipinski definition) is 1. The predicted octanol–water partition coefficient (Wildman–Crippen LogP) is 5.17. The van der Waals surface area contributed by atoms with Crippen molar-refractivity contribution in [3.63, 3.8) is 0 Å². The van der Waals surface area contributed by atoms with E-state index in [-0.39, 0.29) is 24.1 Å². The lowest BCUT2D eigenvalue weighted by molar-refractivity contribution is -0.117. The molecule has 1 atom stereocenters. The van der Waals surface area contributed by atoms with Gasteiger partial charge in [0.1, 0.15) is 5.82 Å². The minimum atomic E-state index is -0.490. The van der Waals surface area contributed by atoms with Gasteiger partial charge >= 0.3 is 0 Å². The highest BCUT2D eigenvalue weighted by Gasteiger charge is 2.34. The Kier molecular flexibility index (Phi) is 5.36. The minimum absolute atomic E-state index is 0.0821. The van der Waals surface area contributed by atoms with Crippen LogP contribution in [0.5, 0.6) is 0 Å². The van der Waals surface area contributed by atoms with Crippen LogP contribution in [-0.4, -0.2) is 16.7 Å². The van der Waals surface area contributed by atoms with Crippen molar-refractivity contribution in [1.82, 2.24) is 4.90 Å². The summed E-state index contributed by atoms with van der Waals surface area (Å²) in [5.74, 6) is -0.658. The fourth-order valence-corrected chi connectivity index (χ4v) is 3.87. The maximum absolute atomic E-state index is 13.5. The van der Waals surface area contributed by atoms with Crippen LogP contribution in [0.15, 0.2) is 66.7 Å². The average molecular weight is 402 g/mol. The SMILES string of the molecule is Cc1ccc(C)c(NC(=O)C[C@@H](c2ccc(F)cc2)N2Cc3ccccc3C2=O)c1. The number of nitrogens with one attached hydrogen (secondary N) is 1. The Morgan fingerprint density at radius 1 is 1.07 bits per heavy atom. The Labute approximate surface area is 175 Å². The molecule has 3 aromatic carbocycles. The van der Waals surface area contributed by atoms with E-state index in [1.54, 1.807) is 23.1 Å². The first-order chi connectivity index (χ1) is 14.4. The number of anilines is 1. The molecule has 2 amide bonds. The van der Waals surface area contributed by atoms with E-state index in [0.29, 0.717) is 12.1 Å². The largest absolute Gasteiger partial charge is 0.327 e. The lowest BCUT2D eigenvalue weighted by Crippen LogP contribution is -2.32. The number of benzene rings is 3. The van der Waals surface area contributed by atoms with Crippen LogP contribution < -0.4 is 5.32 Å². The lowest BCUT2D eigenvalue weighted by Gasteiger charge is -2.28. The molecule has 1 aliphatic heterocycles. The Morgan fingerprint density at radius 2 is 1.80 bits per heavy atom. The molecular weight excluding hydrogens is 379 g/mol. The van der Waals surface area contributed by atoms with E-state index in [0.717, 1.165) is 27.9 Å². The molecule has 0 fully saturated rings. The number of nitrogens with zero attached hydrogens (tertiary/aromatic N) is 1. The molecule has 0 radical (unpaired) electrons. The Morgan fingerprint density at radius 3 is 2.53 bits per heavy atom. The lowest BCUT2D eigenvalue weighted by atomic mass is 10.0. The molecule has 0 spiro atoms. The molecule has 1 heterocycles. The maximum Gasteiger partial charge on any atom is 0.255 e. The third-order valence-corrected chi connectivity index (χ3v) is 5.53. The third-order valence-electron chi connectivity index (χ3n) is 5.53. The molecule has 0 bridgehead atoms. The summed E-state index contributed by atoms with van der Waals surface area (Å²) in [7, 11) is 0. The summed E-state index contributed by atoms with van der Waals surface area (Å²) in [5, 5.41) is 2.97. The van der Waals surface area contributed by atoms with Gasteiger partial charge in [0, 0.05) is 17.8 Å². The molecule has 5 heteroatoms. The Hall–Kier alpha value is -3.47. The molecule has 0 saturated carbocycles. The van der Waals surface area contributed by atoms with Crippen LogP contribution in [-0.2, 0) is 11.3 Å². The number of carbonyl (C=O) groups is 2. The highest BCUT2D eigenvalue weighted by molar-refractivity contribution is 5.99. The third kappa shape index (κ3) is 3.96. The normalized spacial score (nSPS) is 13.8. The van der Waals surface area contributed by atoms with E-state index in [4.69, 9.17) is 0 Å². The van der Waals surface area contributed by atoms with Gasteiger partial charge in [0.15, 0.2) is 0 Å². The van der Waals surface area contributed by atoms with E-state index in [9.17, 15) is 14.0 Å². The van der Waals surface area contributed by atoms with Crippen LogP contribution in [0.4, 0.5) is 10.1 Å². The van der Waals surface area contributed by atoms with E-state index < -0.39 is 6.04 Å². The van der Waals surface area contributed by atoms with Gasteiger partial charge in [0.2, 0.25) is 5.91 Å². The molecule has 0 aliphatic carbocycles. The molecule has 3 aromatic rings. The van der Waals surface area contributed by atoms with E-state index in [1.165, 1.54) is 12.1 Å². The first kappa shape index (κ1) is 19.8. The monoisotopic (exact) mass is 402 g/mol. The molecule has 30 heavy (non-hydrogen) atoms. The van der Waals surface area contributed by atoms with Crippen molar-refractivity contribution in [2.45, 2.75) is 32.9 Å². The highest BCUT2D eigenvalue weighted by atomic mass is 19.1. The number of aryl methyl sites for hydroxylation is 2. The molecule has 152 valence electrons. The second-order valence-corrected chi connectivity index (χ2v) is 7.73. The summed E-state index contributed by atoms with van der Waals surface area (Å²) in [6.45, 7) is 4.33. The van der Waals surface area contributed by atoms with Gasteiger partial charge in [-0.1, -0.05) is 42.5 Å². The topological polar surface area (TPSA) is 49.4 Å². The maximum atomic E-state index is 13.5. The fraction of sp³-hybridized carbons (Fsp3) is 0.200. The quantitative estimate of drug-likeness (QED) is 0.640. The van der Waals surface area contributed by atoms with Crippen molar-refractivity contribution in [2.24, 2.45) is 0 Å². The summed E-state index contributed by atoms with van der Waals surface area (Å²) in [5.41, 5.74) is 5.10. The van der Waals surface area contributed by atoms with Gasteiger partial charge in [0.25, 0.3) is 5.91 Å². The second kappa shape index (κ2) is 8.11. The van der Waals surface area contributed by atoms with Crippen molar-refractivity contribution in [1.29, 1.82) is 0 Å². The Bertz CT molecular complexity index is 1110. The first-order valence-electron chi connectivity index (χ1n) is 9.94. The van der Waals surface area contributed by atoms with Crippen LogP contribution in [0, 0.1) is 19.7 Å². The first-order valence-corrected chi connectivity index (χ1v) is 9.94. The average Bonchev–Trinajstić information content (AvgIpc) is 3.06. The van der Waals surface area contributed by atoms with Gasteiger partial charge in [-0.15, -0.1) is 0 Å². The van der Waals surface area contributed by atoms with Crippen LogP contribution in [0.2, 0.25) is 0 Å². The number of hydrogen-bond acceptors (Lipinski definition) is 2. The molecule has 0 saturated heterocycles. The number of halogens is 1. The van der Waals surface area contributed by atoms with E-state index >= 15 is 0 Å². The molecular formula is C25H23FN2O2. The summed E-state index contributed by atoms with van der Waals surface area (Å²) in [4.78, 5) is 27.7. The molecule has 0 unspecified atom stereocenters. The van der Waals surface area contributed by atoms with Crippen LogP contribution in [0.25, 0.3) is 0 Å². The summed E-state index contributed by atoms with van der Waals surface area (Å²) in [6.07, 6.45) is 0.0821. The van der Waals surface area contributed by atoms with Crippen molar-refractivity contribution in [3.8, 4) is 0 Å².